The van der Waals surface area contributed by atoms with E-state index in [-0.39, 0.29) is 39.6 Å². The van der Waals surface area contributed by atoms with Gasteiger partial charge in [0.15, 0.2) is 0 Å². The van der Waals surface area contributed by atoms with Gasteiger partial charge in [-0.2, -0.15) is 0 Å². The van der Waals surface area contributed by atoms with E-state index >= 15 is 0 Å². The zero-order valence-electron chi connectivity index (χ0n) is 28.6. The molecule has 3 aliphatic heterocycles. The molecule has 0 aromatic heterocycles. The Balaban J connectivity index is 1.43. The summed E-state index contributed by atoms with van der Waals surface area (Å²) in [5.41, 5.74) is -0.651. The number of morpholine rings is 1. The van der Waals surface area contributed by atoms with Gasteiger partial charge in [0.25, 0.3) is 5.91 Å². The monoisotopic (exact) mass is 530 g/mol. The Kier molecular flexibility index (Phi) is 4.86. The van der Waals surface area contributed by atoms with Crippen LogP contribution in [0, 0.1) is 5.82 Å². The third kappa shape index (κ3) is 5.44. The van der Waals surface area contributed by atoms with Crippen molar-refractivity contribution in [1.82, 2.24) is 15.1 Å². The molecule has 0 spiro atoms. The second-order valence-corrected chi connectivity index (χ2v) is 10.8. The van der Waals surface area contributed by atoms with E-state index in [1.165, 1.54) is 24.3 Å². The fourth-order valence-electron chi connectivity index (χ4n) is 5.22. The molecule has 1 N–H and O–H groups in total. The fourth-order valence-corrected chi connectivity index (χ4v) is 5.22. The number of carbonyl (C=O) groups is 3. The third-order valence-electron chi connectivity index (χ3n) is 6.30. The number of amides is 3. The summed E-state index contributed by atoms with van der Waals surface area (Å²) in [6, 6.07) is 4.88. The Morgan fingerprint density at radius 1 is 1.16 bits per heavy atom. The maximum absolute atomic E-state index is 14.9. The van der Waals surface area contributed by atoms with Crippen molar-refractivity contribution in [2.75, 3.05) is 13.1 Å². The molecule has 1 unspecified atom stereocenters. The number of piperidine rings is 1. The molecule has 5 rings (SSSR count). The SMILES string of the molecule is [2H]C1([2H])c2c(OCc3cc(CN4CC(C)(C)OC(C)(C)C4)ccc3F)cccc2C(=O)N1C1([2H])C(=O)NC(=O)C([2H])([2H])C1([2H])[2H]. The molecule has 1 atom stereocenters. The molecule has 9 heteroatoms. The molecule has 0 saturated carbocycles. The average Bonchev–Trinajstić information content (AvgIpc) is 3.11. The first-order valence-electron chi connectivity index (χ1n) is 15.7. The lowest BCUT2D eigenvalue weighted by molar-refractivity contribution is -0.182. The average molecular weight is 531 g/mol. The number of ether oxygens (including phenoxy) is 2. The van der Waals surface area contributed by atoms with Crippen LogP contribution >= 0.6 is 0 Å². The van der Waals surface area contributed by atoms with Crippen molar-refractivity contribution < 1.29 is 37.8 Å². The Hall–Kier alpha value is -3.30. The first-order valence-corrected chi connectivity index (χ1v) is 12.2. The molecular formula is C29H34FN3O5. The molecular weight excluding hydrogens is 489 g/mol. The van der Waals surface area contributed by atoms with Crippen LogP contribution in [0.4, 0.5) is 4.39 Å². The van der Waals surface area contributed by atoms with E-state index in [1.807, 2.05) is 27.7 Å². The highest BCUT2D eigenvalue weighted by Crippen LogP contribution is 2.34. The minimum atomic E-state index is -3.67. The van der Waals surface area contributed by atoms with Crippen LogP contribution < -0.4 is 10.1 Å². The van der Waals surface area contributed by atoms with Crippen LogP contribution in [-0.4, -0.2) is 57.8 Å². The number of benzene rings is 2. The highest BCUT2D eigenvalue weighted by Gasteiger charge is 2.40. The first kappa shape index (κ1) is 18.9. The smallest absolute Gasteiger partial charge is 0.255 e. The number of imide groups is 1. The van der Waals surface area contributed by atoms with Crippen LogP contribution in [0.1, 0.15) is 77.1 Å². The molecule has 3 aliphatic rings. The lowest BCUT2D eigenvalue weighted by Crippen LogP contribution is -2.56. The van der Waals surface area contributed by atoms with Crippen LogP contribution in [-0.2, 0) is 34.0 Å². The second-order valence-electron chi connectivity index (χ2n) is 10.8. The molecule has 2 saturated heterocycles. The van der Waals surface area contributed by atoms with Gasteiger partial charge in [-0.3, -0.25) is 24.6 Å². The maximum atomic E-state index is 14.9. The molecule has 2 aromatic rings. The summed E-state index contributed by atoms with van der Waals surface area (Å²) in [7, 11) is 0. The fraction of sp³-hybridized carbons (Fsp3) is 0.483. The Labute approximate surface area is 231 Å². The molecule has 3 heterocycles. The lowest BCUT2D eigenvalue weighted by Gasteiger charge is -2.47. The number of hydrogen-bond acceptors (Lipinski definition) is 6. The Bertz CT molecular complexity index is 1590. The van der Waals surface area contributed by atoms with E-state index in [4.69, 9.17) is 19.1 Å². The van der Waals surface area contributed by atoms with Crippen LogP contribution in [0.15, 0.2) is 36.4 Å². The highest BCUT2D eigenvalue weighted by atomic mass is 19.1. The van der Waals surface area contributed by atoms with E-state index < -0.39 is 54.4 Å². The Morgan fingerprint density at radius 3 is 2.63 bits per heavy atom. The minimum absolute atomic E-state index is 0.0103. The number of carbonyl (C=O) groups excluding carboxylic acids is 3. The largest absolute Gasteiger partial charge is 0.488 e. The van der Waals surface area contributed by atoms with Gasteiger partial charge < -0.3 is 14.4 Å². The zero-order valence-corrected chi connectivity index (χ0v) is 21.6. The quantitative estimate of drug-likeness (QED) is 0.575. The number of halogens is 1. The number of fused-ring (bicyclic) bond motifs is 1. The standard InChI is InChI=1S/C29H34FN3O5/c1-28(2)16-32(17-29(3,4)38-28)13-18-8-9-22(30)19(12-18)15-37-24-7-5-6-20-21(24)14-33(27(20)36)23-10-11-25(34)31-26(23)35/h5-9,12,23H,10-11,13-17H2,1-4H3,(H,31,34,35)/i10D2,11D2,14D2,23D. The summed E-state index contributed by atoms with van der Waals surface area (Å²) < 4.78 is 85.7. The zero-order chi connectivity index (χ0) is 33.5. The van der Waals surface area contributed by atoms with Crippen molar-refractivity contribution in [2.45, 2.75) is 77.3 Å². The number of hydrogen-bond donors (Lipinski definition) is 1. The van der Waals surface area contributed by atoms with Gasteiger partial charge in [-0.05, 0) is 63.9 Å². The molecule has 3 amide bonds. The van der Waals surface area contributed by atoms with Crippen molar-refractivity contribution in [1.29, 1.82) is 0 Å². The van der Waals surface area contributed by atoms with Crippen molar-refractivity contribution in [3.05, 3.63) is 64.5 Å². The van der Waals surface area contributed by atoms with E-state index in [2.05, 4.69) is 4.90 Å². The van der Waals surface area contributed by atoms with Gasteiger partial charge in [-0.15, -0.1) is 0 Å². The lowest BCUT2D eigenvalue weighted by atomic mass is 9.98. The number of rotatable bonds is 6. The van der Waals surface area contributed by atoms with Gasteiger partial charge >= 0.3 is 0 Å². The summed E-state index contributed by atoms with van der Waals surface area (Å²) in [5.74, 6) is -5.46. The third-order valence-corrected chi connectivity index (χ3v) is 6.30. The van der Waals surface area contributed by atoms with Crippen molar-refractivity contribution in [3.8, 4) is 5.75 Å². The van der Waals surface area contributed by atoms with Gasteiger partial charge in [0.2, 0.25) is 11.8 Å². The van der Waals surface area contributed by atoms with Crippen molar-refractivity contribution in [3.63, 3.8) is 0 Å². The predicted molar refractivity (Wildman–Crippen MR) is 138 cm³/mol. The maximum Gasteiger partial charge on any atom is 0.255 e. The molecule has 38 heavy (non-hydrogen) atoms. The van der Waals surface area contributed by atoms with Gasteiger partial charge in [0, 0.05) is 48.2 Å². The minimum Gasteiger partial charge on any atom is -0.488 e. The summed E-state index contributed by atoms with van der Waals surface area (Å²) in [6.07, 6.45) is -7.14. The summed E-state index contributed by atoms with van der Waals surface area (Å²) in [5, 5.41) is 1.56. The molecule has 0 bridgehead atoms. The Morgan fingerprint density at radius 2 is 1.89 bits per heavy atom. The highest BCUT2D eigenvalue weighted by molar-refractivity contribution is 6.05. The topological polar surface area (TPSA) is 88.2 Å². The molecule has 2 fully saturated rings. The summed E-state index contributed by atoms with van der Waals surface area (Å²) in [6.45, 7) is 6.34. The second kappa shape index (κ2) is 9.78. The van der Waals surface area contributed by atoms with Crippen molar-refractivity contribution >= 4 is 17.7 Å². The molecule has 8 nitrogen and oxygen atoms in total. The van der Waals surface area contributed by atoms with Crippen LogP contribution in [0.25, 0.3) is 0 Å². The van der Waals surface area contributed by atoms with Crippen LogP contribution in [0.5, 0.6) is 5.75 Å². The predicted octanol–water partition coefficient (Wildman–Crippen LogP) is 3.56. The van der Waals surface area contributed by atoms with E-state index in [0.717, 1.165) is 5.56 Å². The van der Waals surface area contributed by atoms with E-state index in [9.17, 15) is 18.8 Å². The summed E-state index contributed by atoms with van der Waals surface area (Å²) >= 11 is 0. The van der Waals surface area contributed by atoms with Gasteiger partial charge in [0.1, 0.15) is 24.2 Å². The molecule has 0 aliphatic carbocycles. The van der Waals surface area contributed by atoms with Gasteiger partial charge in [-0.1, -0.05) is 12.1 Å². The number of nitrogens with one attached hydrogen (secondary N) is 1. The molecule has 0 radical (unpaired) electrons. The summed E-state index contributed by atoms with van der Waals surface area (Å²) in [4.78, 5) is 40.7. The van der Waals surface area contributed by atoms with E-state index in [0.29, 0.717) is 19.6 Å². The number of nitrogens with zero attached hydrogens (tertiary/aromatic N) is 2. The van der Waals surface area contributed by atoms with E-state index in [1.54, 1.807) is 17.4 Å². The normalized spacial score (nSPS) is 31.4. The molecule has 202 valence electrons. The van der Waals surface area contributed by atoms with Crippen molar-refractivity contribution in [2.24, 2.45) is 0 Å². The molecule has 2 aromatic carbocycles. The van der Waals surface area contributed by atoms with Crippen LogP contribution in [0.3, 0.4) is 0 Å². The van der Waals surface area contributed by atoms with Gasteiger partial charge in [0.05, 0.1) is 21.8 Å². The first-order chi connectivity index (χ1) is 20.5. The van der Waals surface area contributed by atoms with Crippen LogP contribution in [0.2, 0.25) is 0 Å². The van der Waals surface area contributed by atoms with Gasteiger partial charge in [-0.25, -0.2) is 4.39 Å².